The van der Waals surface area contributed by atoms with Gasteiger partial charge in [0.15, 0.2) is 6.79 Å². The lowest BCUT2D eigenvalue weighted by molar-refractivity contribution is 0.0456. The molecule has 0 amide bonds. The summed E-state index contributed by atoms with van der Waals surface area (Å²) in [6.45, 7) is 9.60. The predicted octanol–water partition coefficient (Wildman–Crippen LogP) is 3.81. The molecule has 0 spiro atoms. The number of fused-ring (bicyclic) bond motifs is 1. The average Bonchev–Trinajstić information content (AvgIpc) is 2.53. The van der Waals surface area contributed by atoms with Crippen molar-refractivity contribution in [2.75, 3.05) is 20.4 Å². The Bertz CT molecular complexity index is 556. The predicted molar refractivity (Wildman–Crippen MR) is 93.4 cm³/mol. The van der Waals surface area contributed by atoms with Crippen molar-refractivity contribution >= 4 is 0 Å². The minimum Gasteiger partial charge on any atom is -0.487 e. The van der Waals surface area contributed by atoms with Crippen LogP contribution in [0.3, 0.4) is 0 Å². The molecule has 1 aliphatic rings. The Hall–Kier alpha value is -1.26. The minimum atomic E-state index is -0.0826. The number of unbranched alkanes of at least 4 members (excludes halogenated alkanes) is 1. The van der Waals surface area contributed by atoms with E-state index in [1.165, 1.54) is 16.7 Å². The van der Waals surface area contributed by atoms with Gasteiger partial charge in [0, 0.05) is 12.7 Å². The molecule has 1 unspecified atom stereocenters. The number of hydrogen-bond donors (Lipinski definition) is 1. The monoisotopic (exact) mass is 321 g/mol. The zero-order chi connectivity index (χ0) is 17.0. The third kappa shape index (κ3) is 3.81. The lowest BCUT2D eigenvalue weighted by Crippen LogP contribution is -2.37. The second kappa shape index (κ2) is 7.54. The molecular weight excluding hydrogens is 290 g/mol. The fourth-order valence-electron chi connectivity index (χ4n) is 3.44. The Labute approximate surface area is 140 Å². The number of methoxy groups -OCH3 is 1. The Morgan fingerprint density at radius 1 is 1.13 bits per heavy atom. The lowest BCUT2D eigenvalue weighted by atomic mass is 9.84. The van der Waals surface area contributed by atoms with Crippen LogP contribution in [-0.4, -0.2) is 26.0 Å². The molecule has 1 aromatic rings. The summed E-state index contributed by atoms with van der Waals surface area (Å²) in [6.07, 6.45) is 5.31. The van der Waals surface area contributed by atoms with Gasteiger partial charge in [0.2, 0.25) is 0 Å². The minimum absolute atomic E-state index is 0.0826. The Balaban J connectivity index is 2.29. The maximum absolute atomic E-state index is 6.49. The van der Waals surface area contributed by atoms with Gasteiger partial charge in [-0.15, -0.1) is 0 Å². The number of benzene rings is 1. The zero-order valence-electron chi connectivity index (χ0n) is 15.3. The molecule has 0 aliphatic carbocycles. The second-order valence-electron chi connectivity index (χ2n) is 6.86. The van der Waals surface area contributed by atoms with Gasteiger partial charge in [-0.2, -0.15) is 0 Å². The summed E-state index contributed by atoms with van der Waals surface area (Å²) >= 11 is 0. The fraction of sp³-hybridized carbons (Fsp3) is 0.684. The van der Waals surface area contributed by atoms with Crippen LogP contribution in [0.5, 0.6) is 11.5 Å². The largest absolute Gasteiger partial charge is 0.487 e. The molecule has 0 bridgehead atoms. The molecule has 4 nitrogen and oxygen atoms in total. The first-order chi connectivity index (χ1) is 10.9. The normalized spacial score (nSPS) is 20.1. The van der Waals surface area contributed by atoms with Crippen LogP contribution in [0.2, 0.25) is 0 Å². The van der Waals surface area contributed by atoms with Crippen LogP contribution in [-0.2, 0) is 11.2 Å². The maximum Gasteiger partial charge on any atom is 0.188 e. The highest BCUT2D eigenvalue weighted by Gasteiger charge is 2.34. The Morgan fingerprint density at radius 2 is 1.87 bits per heavy atom. The summed E-state index contributed by atoms with van der Waals surface area (Å²) in [4.78, 5) is 0. The molecule has 2 N–H and O–H groups in total. The number of rotatable bonds is 7. The van der Waals surface area contributed by atoms with Crippen molar-refractivity contribution in [3.8, 4) is 11.5 Å². The third-order valence-corrected chi connectivity index (χ3v) is 5.04. The van der Waals surface area contributed by atoms with Gasteiger partial charge in [0.25, 0.3) is 0 Å². The first-order valence-electron chi connectivity index (χ1n) is 8.57. The molecule has 130 valence electrons. The molecule has 1 aromatic carbocycles. The second-order valence-corrected chi connectivity index (χ2v) is 6.86. The standard InChI is InChI=1S/C19H31NO3/c1-13-14(2)18-16(15(3)17(13)22-12-21-5)8-10-19(4,23-18)9-6-7-11-20/h6-12,20H2,1-5H3. The van der Waals surface area contributed by atoms with Crippen LogP contribution in [0.25, 0.3) is 0 Å². The van der Waals surface area contributed by atoms with Crippen molar-refractivity contribution in [3.05, 3.63) is 22.3 Å². The molecule has 0 saturated carbocycles. The van der Waals surface area contributed by atoms with Gasteiger partial charge in [0.05, 0.1) is 0 Å². The van der Waals surface area contributed by atoms with Gasteiger partial charge in [-0.25, -0.2) is 0 Å². The quantitative estimate of drug-likeness (QED) is 0.613. The van der Waals surface area contributed by atoms with Crippen molar-refractivity contribution in [1.29, 1.82) is 0 Å². The molecule has 1 aliphatic heterocycles. The highest BCUT2D eigenvalue weighted by molar-refractivity contribution is 5.58. The van der Waals surface area contributed by atoms with E-state index in [0.717, 1.165) is 55.7 Å². The SMILES string of the molecule is COCOc1c(C)c(C)c2c(c1C)CCC(C)(CCCCN)O2. The summed E-state index contributed by atoms with van der Waals surface area (Å²) in [6, 6.07) is 0. The number of nitrogens with two attached hydrogens (primary N) is 1. The van der Waals surface area contributed by atoms with Gasteiger partial charge in [-0.3, -0.25) is 0 Å². The van der Waals surface area contributed by atoms with E-state index in [0.29, 0.717) is 0 Å². The fourth-order valence-corrected chi connectivity index (χ4v) is 3.44. The van der Waals surface area contributed by atoms with Crippen molar-refractivity contribution in [3.63, 3.8) is 0 Å². The van der Waals surface area contributed by atoms with E-state index in [-0.39, 0.29) is 12.4 Å². The van der Waals surface area contributed by atoms with Crippen LogP contribution in [0, 0.1) is 20.8 Å². The first kappa shape index (κ1) is 18.1. The van der Waals surface area contributed by atoms with Crippen molar-refractivity contribution in [1.82, 2.24) is 0 Å². The average molecular weight is 321 g/mol. The smallest absolute Gasteiger partial charge is 0.188 e. The molecule has 0 aromatic heterocycles. The third-order valence-electron chi connectivity index (χ3n) is 5.04. The van der Waals surface area contributed by atoms with Crippen LogP contribution >= 0.6 is 0 Å². The van der Waals surface area contributed by atoms with Crippen LogP contribution in [0.4, 0.5) is 0 Å². The van der Waals surface area contributed by atoms with Crippen molar-refractivity contribution < 1.29 is 14.2 Å². The van der Waals surface area contributed by atoms with Crippen molar-refractivity contribution in [2.45, 2.75) is 65.4 Å². The molecule has 4 heteroatoms. The first-order valence-corrected chi connectivity index (χ1v) is 8.57. The Kier molecular flexibility index (Phi) is 5.93. The van der Waals surface area contributed by atoms with Gasteiger partial charge in [-0.05, 0) is 83.0 Å². The summed E-state index contributed by atoms with van der Waals surface area (Å²) < 4.78 is 17.4. The van der Waals surface area contributed by atoms with E-state index in [9.17, 15) is 0 Å². The van der Waals surface area contributed by atoms with Crippen LogP contribution in [0.15, 0.2) is 0 Å². The molecule has 0 radical (unpaired) electrons. The van der Waals surface area contributed by atoms with Gasteiger partial charge in [-0.1, -0.05) is 0 Å². The lowest BCUT2D eigenvalue weighted by Gasteiger charge is -2.38. The van der Waals surface area contributed by atoms with Gasteiger partial charge in [0.1, 0.15) is 17.1 Å². The topological polar surface area (TPSA) is 53.7 Å². The molecule has 23 heavy (non-hydrogen) atoms. The molecule has 2 rings (SSSR count). The van der Waals surface area contributed by atoms with E-state index >= 15 is 0 Å². The molecule has 1 atom stereocenters. The number of ether oxygens (including phenoxy) is 3. The van der Waals surface area contributed by atoms with E-state index in [1.54, 1.807) is 7.11 Å². The molecular formula is C19H31NO3. The molecule has 1 heterocycles. The Morgan fingerprint density at radius 3 is 2.52 bits per heavy atom. The summed E-state index contributed by atoms with van der Waals surface area (Å²) in [5, 5.41) is 0. The highest BCUT2D eigenvalue weighted by atomic mass is 16.7. The zero-order valence-corrected chi connectivity index (χ0v) is 15.3. The molecule has 0 saturated heterocycles. The van der Waals surface area contributed by atoms with E-state index in [4.69, 9.17) is 19.9 Å². The van der Waals surface area contributed by atoms with Crippen LogP contribution < -0.4 is 15.2 Å². The summed E-state index contributed by atoms with van der Waals surface area (Å²) in [5.41, 5.74) is 10.3. The van der Waals surface area contributed by atoms with E-state index in [2.05, 4.69) is 27.7 Å². The van der Waals surface area contributed by atoms with Crippen molar-refractivity contribution in [2.24, 2.45) is 5.73 Å². The maximum atomic E-state index is 6.49. The van der Waals surface area contributed by atoms with Crippen LogP contribution in [0.1, 0.15) is 54.9 Å². The van der Waals surface area contributed by atoms with E-state index < -0.39 is 0 Å². The highest BCUT2D eigenvalue weighted by Crippen LogP contribution is 2.44. The van der Waals surface area contributed by atoms with E-state index in [1.807, 2.05) is 0 Å². The molecule has 0 fully saturated rings. The summed E-state index contributed by atoms with van der Waals surface area (Å²) in [5.74, 6) is 2.00. The van der Waals surface area contributed by atoms with Gasteiger partial charge >= 0.3 is 0 Å². The van der Waals surface area contributed by atoms with Gasteiger partial charge < -0.3 is 19.9 Å². The number of hydrogen-bond acceptors (Lipinski definition) is 4. The summed E-state index contributed by atoms with van der Waals surface area (Å²) in [7, 11) is 1.64.